The molecule has 3 amide bonds. The fourth-order valence-electron chi connectivity index (χ4n) is 4.32. The molecule has 5 rings (SSSR count). The number of piperazine rings is 1. The highest BCUT2D eigenvalue weighted by molar-refractivity contribution is 6.00. The second-order valence-corrected chi connectivity index (χ2v) is 12.1. The van der Waals surface area contributed by atoms with Crippen LogP contribution in [0.25, 0.3) is 11.4 Å². The maximum absolute atomic E-state index is 12.7. The van der Waals surface area contributed by atoms with Crippen molar-refractivity contribution in [1.82, 2.24) is 35.5 Å². The fourth-order valence-corrected chi connectivity index (χ4v) is 4.32. The molecule has 1 saturated carbocycles. The number of hydrogen-bond donors (Lipinski definition) is 6. The molecule has 2 aliphatic rings. The second-order valence-electron chi connectivity index (χ2n) is 12.1. The van der Waals surface area contributed by atoms with Gasteiger partial charge < -0.3 is 44.8 Å². The molecular weight excluding hydrogens is 630 g/mol. The smallest absolute Gasteiger partial charge is 0.369 e. The number of anilines is 3. The molecular formula is C30H41N9O9. The highest BCUT2D eigenvalue weighted by atomic mass is 16.7. The number of amides is 3. The molecule has 18 heteroatoms. The summed E-state index contributed by atoms with van der Waals surface area (Å²) in [7, 11) is 3.13. The highest BCUT2D eigenvalue weighted by Crippen LogP contribution is 2.37. The number of carbonyl (C=O) groups is 3. The number of methoxy groups -OCH3 is 2. The van der Waals surface area contributed by atoms with Crippen molar-refractivity contribution in [1.29, 1.82) is 0 Å². The summed E-state index contributed by atoms with van der Waals surface area (Å²) >= 11 is 0. The minimum Gasteiger partial charge on any atom is -0.494 e. The molecule has 2 fully saturated rings. The lowest BCUT2D eigenvalue weighted by Crippen LogP contribution is -2.48. The molecule has 0 unspecified atom stereocenters. The number of ether oxygens (including phenoxy) is 2. The number of carbonyl (C=O) groups excluding carboxylic acids is 3. The van der Waals surface area contributed by atoms with Crippen LogP contribution in [-0.4, -0.2) is 116 Å². The molecule has 48 heavy (non-hydrogen) atoms. The number of aromatic nitrogens is 4. The third-order valence-electron chi connectivity index (χ3n) is 7.21. The van der Waals surface area contributed by atoms with Gasteiger partial charge in [0.05, 0.1) is 36.2 Å². The van der Waals surface area contributed by atoms with Crippen molar-refractivity contribution in [3.63, 3.8) is 0 Å². The van der Waals surface area contributed by atoms with Gasteiger partial charge in [0.1, 0.15) is 0 Å². The van der Waals surface area contributed by atoms with Crippen LogP contribution < -0.4 is 20.7 Å². The van der Waals surface area contributed by atoms with Gasteiger partial charge in [-0.2, -0.15) is 4.98 Å². The molecule has 260 valence electrons. The predicted molar refractivity (Wildman–Crippen MR) is 169 cm³/mol. The second kappa shape index (κ2) is 15.4. The lowest BCUT2D eigenvalue weighted by molar-refractivity contribution is -0.323. The van der Waals surface area contributed by atoms with E-state index in [0.29, 0.717) is 49.9 Å². The molecule has 0 radical (unpaired) electrons. The SMILES string of the molecule is COC(C)(C)C.COc1c(Nc2cc(NC(=O)C3CC3)nnc2C(=O)NC(O)(O)O)cccc1-c1noc(CN2CCN(C=O)CC2)n1. The van der Waals surface area contributed by atoms with Crippen molar-refractivity contribution >= 4 is 35.4 Å². The van der Waals surface area contributed by atoms with Crippen molar-refractivity contribution in [2.24, 2.45) is 5.92 Å². The van der Waals surface area contributed by atoms with Crippen LogP contribution in [0, 0.1) is 5.92 Å². The molecule has 2 aromatic heterocycles. The van der Waals surface area contributed by atoms with Gasteiger partial charge in [0.25, 0.3) is 5.91 Å². The van der Waals surface area contributed by atoms with Crippen molar-refractivity contribution in [3.05, 3.63) is 35.9 Å². The Hall–Kier alpha value is -4.75. The number of benzene rings is 1. The van der Waals surface area contributed by atoms with Gasteiger partial charge in [-0.15, -0.1) is 10.2 Å². The van der Waals surface area contributed by atoms with E-state index in [4.69, 9.17) is 14.0 Å². The van der Waals surface area contributed by atoms with Crippen molar-refractivity contribution in [2.45, 2.75) is 51.9 Å². The zero-order valence-electron chi connectivity index (χ0n) is 27.4. The van der Waals surface area contributed by atoms with E-state index in [1.807, 2.05) is 20.8 Å². The average Bonchev–Trinajstić information content (AvgIpc) is 3.79. The maximum atomic E-state index is 12.7. The molecule has 1 aromatic carbocycles. The quantitative estimate of drug-likeness (QED) is 0.121. The van der Waals surface area contributed by atoms with Crippen LogP contribution in [0.1, 0.15) is 50.0 Å². The molecule has 0 atom stereocenters. The topological polar surface area (TPSA) is 238 Å². The number of nitrogens with zero attached hydrogens (tertiary/aromatic N) is 6. The summed E-state index contributed by atoms with van der Waals surface area (Å²) < 4.78 is 16.0. The number of nitrogens with one attached hydrogen (secondary N) is 3. The minimum atomic E-state index is -3.51. The van der Waals surface area contributed by atoms with Crippen LogP contribution in [-0.2, 0) is 20.9 Å². The Labute approximate surface area is 276 Å². The van der Waals surface area contributed by atoms with Gasteiger partial charge in [0, 0.05) is 45.3 Å². The predicted octanol–water partition coefficient (Wildman–Crippen LogP) is 0.651. The summed E-state index contributed by atoms with van der Waals surface area (Å²) in [4.78, 5) is 44.2. The molecule has 1 aliphatic carbocycles. The van der Waals surface area contributed by atoms with Gasteiger partial charge in [-0.3, -0.25) is 24.6 Å². The molecule has 0 bridgehead atoms. The molecule has 3 heterocycles. The first-order chi connectivity index (χ1) is 22.7. The minimum absolute atomic E-state index is 0.00318. The zero-order chi connectivity index (χ0) is 35.1. The Morgan fingerprint density at radius 1 is 1.06 bits per heavy atom. The maximum Gasteiger partial charge on any atom is 0.369 e. The van der Waals surface area contributed by atoms with Gasteiger partial charge in [-0.25, -0.2) is 0 Å². The van der Waals surface area contributed by atoms with Crippen LogP contribution in [0.15, 0.2) is 28.8 Å². The van der Waals surface area contributed by atoms with E-state index in [1.54, 1.807) is 35.5 Å². The average molecular weight is 672 g/mol. The monoisotopic (exact) mass is 671 g/mol. The van der Waals surface area contributed by atoms with Crippen LogP contribution in [0.5, 0.6) is 5.75 Å². The Kier molecular flexibility index (Phi) is 11.6. The van der Waals surface area contributed by atoms with E-state index in [-0.39, 0.29) is 40.5 Å². The van der Waals surface area contributed by atoms with Gasteiger partial charge in [0.15, 0.2) is 17.3 Å². The Balaban J connectivity index is 0.000000794. The summed E-state index contributed by atoms with van der Waals surface area (Å²) in [5.74, 6) is -0.611. The largest absolute Gasteiger partial charge is 0.494 e. The number of hydrogen-bond acceptors (Lipinski definition) is 15. The molecule has 18 nitrogen and oxygen atoms in total. The van der Waals surface area contributed by atoms with E-state index in [9.17, 15) is 29.7 Å². The molecule has 3 aromatic rings. The number of rotatable bonds is 11. The van der Waals surface area contributed by atoms with Crippen LogP contribution in [0.3, 0.4) is 0 Å². The number of para-hydroxylation sites is 1. The Bertz CT molecular complexity index is 1570. The molecule has 6 N–H and O–H groups in total. The van der Waals surface area contributed by atoms with Gasteiger partial charge in [0.2, 0.25) is 24.0 Å². The molecule has 0 spiro atoms. The van der Waals surface area contributed by atoms with E-state index in [1.165, 1.54) is 13.2 Å². The summed E-state index contributed by atoms with van der Waals surface area (Å²) in [5.41, 5.74) is 0.399. The van der Waals surface area contributed by atoms with Crippen molar-refractivity contribution in [3.8, 4) is 17.1 Å². The standard InChI is InChI=1S/C25H29N9O8.C5H12O/c1-41-21-15(22-28-19(42-32-22)12-33-7-9-34(13-35)10-8-33)3-2-4-16(21)26-17-11-18(27-23(36)14-5-6-14)30-31-20(17)24(37)29-25(38,39)40;1-5(2,3)6-4/h2-4,11,13-14,38-40H,5-10,12H2,1H3,(H,29,37)(H2,26,27,30,36);1-4H3. The first-order valence-corrected chi connectivity index (χ1v) is 15.1. The lowest BCUT2D eigenvalue weighted by atomic mass is 10.1. The first-order valence-electron chi connectivity index (χ1n) is 15.1. The van der Waals surface area contributed by atoms with E-state index >= 15 is 0 Å². The summed E-state index contributed by atoms with van der Waals surface area (Å²) in [5, 5.41) is 46.6. The van der Waals surface area contributed by atoms with Crippen LogP contribution in [0.4, 0.5) is 17.2 Å². The van der Waals surface area contributed by atoms with E-state index in [2.05, 4.69) is 35.9 Å². The van der Waals surface area contributed by atoms with Crippen molar-refractivity contribution in [2.75, 3.05) is 51.0 Å². The third-order valence-corrected chi connectivity index (χ3v) is 7.21. The summed E-state index contributed by atoms with van der Waals surface area (Å²) in [6.45, 7) is 9.02. The highest BCUT2D eigenvalue weighted by Gasteiger charge is 2.31. The summed E-state index contributed by atoms with van der Waals surface area (Å²) in [6, 6.07) is 6.35. The third kappa shape index (κ3) is 10.4. The van der Waals surface area contributed by atoms with Gasteiger partial charge >= 0.3 is 6.10 Å². The fraction of sp³-hybridized carbons (Fsp3) is 0.500. The molecule has 1 saturated heterocycles. The number of aliphatic hydroxyl groups is 3. The van der Waals surface area contributed by atoms with E-state index in [0.717, 1.165) is 19.3 Å². The van der Waals surface area contributed by atoms with Gasteiger partial charge in [-0.05, 0) is 45.7 Å². The Morgan fingerprint density at radius 2 is 1.75 bits per heavy atom. The normalized spacial score (nSPS) is 15.2. The van der Waals surface area contributed by atoms with E-state index < -0.39 is 17.7 Å². The zero-order valence-corrected chi connectivity index (χ0v) is 27.4. The van der Waals surface area contributed by atoms with Crippen LogP contribution in [0.2, 0.25) is 0 Å². The van der Waals surface area contributed by atoms with Crippen molar-refractivity contribution < 1.29 is 43.7 Å². The van der Waals surface area contributed by atoms with Crippen LogP contribution >= 0.6 is 0 Å². The Morgan fingerprint density at radius 3 is 2.33 bits per heavy atom. The van der Waals surface area contributed by atoms with Gasteiger partial charge in [-0.1, -0.05) is 11.2 Å². The summed E-state index contributed by atoms with van der Waals surface area (Å²) in [6.07, 6.45) is -1.16. The first kappa shape index (κ1) is 36.1. The molecule has 1 aliphatic heterocycles. The lowest BCUT2D eigenvalue weighted by Gasteiger charge is -2.31.